The Balaban J connectivity index is 1.18. The van der Waals surface area contributed by atoms with Crippen molar-refractivity contribution >= 4 is 12.0 Å². The summed E-state index contributed by atoms with van der Waals surface area (Å²) in [7, 11) is 0. The Kier molecular flexibility index (Phi) is 10.1. The first-order valence-corrected chi connectivity index (χ1v) is 11.9. The van der Waals surface area contributed by atoms with Gasteiger partial charge < -0.3 is 19.5 Å². The van der Waals surface area contributed by atoms with Crippen molar-refractivity contribution in [3.63, 3.8) is 0 Å². The molecule has 0 bridgehead atoms. The number of carbonyl (C=O) groups is 2. The maximum absolute atomic E-state index is 12.4. The number of benzene rings is 1. The van der Waals surface area contributed by atoms with Crippen molar-refractivity contribution in [3.8, 4) is 0 Å². The minimum absolute atomic E-state index is 0.00338. The number of imidazole rings is 1. The summed E-state index contributed by atoms with van der Waals surface area (Å²) in [6.45, 7) is 3.22. The summed E-state index contributed by atoms with van der Waals surface area (Å²) in [4.78, 5) is 30.4. The second kappa shape index (κ2) is 13.6. The smallest absolute Gasteiger partial charge is 0.410 e. The van der Waals surface area contributed by atoms with Crippen LogP contribution in [0.1, 0.15) is 56.9 Å². The molecule has 1 aliphatic heterocycles. The van der Waals surface area contributed by atoms with Crippen LogP contribution < -0.4 is 5.32 Å². The number of hydrogen-bond acceptors (Lipinski definition) is 4. The molecule has 0 saturated carbocycles. The van der Waals surface area contributed by atoms with Gasteiger partial charge in [-0.05, 0) is 31.2 Å². The lowest BCUT2D eigenvalue weighted by Gasteiger charge is -2.30. The number of amides is 2. The van der Waals surface area contributed by atoms with E-state index >= 15 is 0 Å². The molecule has 0 atom stereocenters. The molecule has 1 fully saturated rings. The molecule has 1 N–H and O–H groups in total. The lowest BCUT2D eigenvalue weighted by atomic mass is 9.96. The predicted octanol–water partition coefficient (Wildman–Crippen LogP) is 4.39. The highest BCUT2D eigenvalue weighted by molar-refractivity contribution is 5.79. The van der Waals surface area contributed by atoms with Crippen molar-refractivity contribution in [1.82, 2.24) is 19.8 Å². The maximum Gasteiger partial charge on any atom is 0.410 e. The number of hydrogen-bond donors (Lipinski definition) is 1. The van der Waals surface area contributed by atoms with Crippen LogP contribution >= 0.6 is 0 Å². The van der Waals surface area contributed by atoms with E-state index in [4.69, 9.17) is 4.74 Å². The van der Waals surface area contributed by atoms with Gasteiger partial charge in [0.2, 0.25) is 5.91 Å². The van der Waals surface area contributed by atoms with Crippen LogP contribution in [0.3, 0.4) is 0 Å². The fourth-order valence-corrected chi connectivity index (χ4v) is 4.04. The van der Waals surface area contributed by atoms with Crippen LogP contribution in [0.25, 0.3) is 0 Å². The molecular formula is C25H36N4O3. The second-order valence-corrected chi connectivity index (χ2v) is 8.51. The molecule has 0 spiro atoms. The van der Waals surface area contributed by atoms with E-state index in [1.165, 1.54) is 25.7 Å². The van der Waals surface area contributed by atoms with Crippen LogP contribution in [-0.2, 0) is 22.7 Å². The van der Waals surface area contributed by atoms with Gasteiger partial charge in [0, 0.05) is 44.5 Å². The second-order valence-electron chi connectivity index (χ2n) is 8.51. The molecule has 1 aromatic carbocycles. The molecule has 1 saturated heterocycles. The molecule has 1 aliphatic rings. The molecule has 7 nitrogen and oxygen atoms in total. The summed E-state index contributed by atoms with van der Waals surface area (Å²) >= 11 is 0. The Morgan fingerprint density at radius 2 is 1.72 bits per heavy atom. The number of nitrogens with one attached hydrogen (secondary N) is 1. The first-order valence-electron chi connectivity index (χ1n) is 11.9. The van der Waals surface area contributed by atoms with E-state index in [9.17, 15) is 9.59 Å². The topological polar surface area (TPSA) is 76.5 Å². The number of nitrogens with zero attached hydrogens (tertiary/aromatic N) is 3. The van der Waals surface area contributed by atoms with Gasteiger partial charge in [0.15, 0.2) is 0 Å². The van der Waals surface area contributed by atoms with Crippen molar-refractivity contribution in [1.29, 1.82) is 0 Å². The van der Waals surface area contributed by atoms with Crippen molar-refractivity contribution in [2.75, 3.05) is 19.6 Å². The van der Waals surface area contributed by atoms with E-state index in [-0.39, 0.29) is 24.5 Å². The minimum Gasteiger partial charge on any atom is -0.445 e. The molecule has 2 heterocycles. The molecule has 32 heavy (non-hydrogen) atoms. The molecule has 2 aromatic rings. The van der Waals surface area contributed by atoms with Crippen molar-refractivity contribution in [3.05, 3.63) is 54.6 Å². The molecule has 7 heteroatoms. The summed E-state index contributed by atoms with van der Waals surface area (Å²) in [5.74, 6) is 0.124. The van der Waals surface area contributed by atoms with Crippen LogP contribution in [0, 0.1) is 5.92 Å². The molecule has 1 aromatic heterocycles. The van der Waals surface area contributed by atoms with Crippen LogP contribution in [0.2, 0.25) is 0 Å². The zero-order valence-corrected chi connectivity index (χ0v) is 19.0. The van der Waals surface area contributed by atoms with Crippen LogP contribution in [0.5, 0.6) is 0 Å². The standard InChI is InChI=1S/C25H36N4O3/c30-24(27-14-8-3-1-2-4-9-16-28-19-15-26-21-28)23-12-17-29(18-13-23)25(31)32-20-22-10-6-5-7-11-22/h5-7,10-11,15,19,21,23H,1-4,8-9,12-14,16-18,20H2,(H,27,30). The average Bonchev–Trinajstić information content (AvgIpc) is 3.35. The molecule has 0 unspecified atom stereocenters. The summed E-state index contributed by atoms with van der Waals surface area (Å²) in [6, 6.07) is 9.67. The maximum atomic E-state index is 12.4. The summed E-state index contributed by atoms with van der Waals surface area (Å²) in [5, 5.41) is 3.08. The SMILES string of the molecule is O=C(NCCCCCCCCn1ccnc1)C1CCN(C(=O)OCc2ccccc2)CC1. The fraction of sp³-hybridized carbons (Fsp3) is 0.560. The number of rotatable bonds is 12. The highest BCUT2D eigenvalue weighted by Crippen LogP contribution is 2.18. The van der Waals surface area contributed by atoms with Gasteiger partial charge in [-0.3, -0.25) is 4.79 Å². The predicted molar refractivity (Wildman–Crippen MR) is 124 cm³/mol. The third-order valence-electron chi connectivity index (χ3n) is 6.03. The average molecular weight is 441 g/mol. The van der Waals surface area contributed by atoms with Gasteiger partial charge in [0.1, 0.15) is 6.61 Å². The van der Waals surface area contributed by atoms with Gasteiger partial charge in [0.25, 0.3) is 0 Å². The zero-order valence-electron chi connectivity index (χ0n) is 19.0. The van der Waals surface area contributed by atoms with Gasteiger partial charge in [-0.25, -0.2) is 9.78 Å². The molecule has 0 aliphatic carbocycles. The van der Waals surface area contributed by atoms with E-state index in [0.717, 1.165) is 31.5 Å². The van der Waals surface area contributed by atoms with E-state index in [0.29, 0.717) is 25.9 Å². The van der Waals surface area contributed by atoms with Gasteiger partial charge in [-0.15, -0.1) is 0 Å². The van der Waals surface area contributed by atoms with E-state index in [2.05, 4.69) is 14.9 Å². The monoisotopic (exact) mass is 440 g/mol. The van der Waals surface area contributed by atoms with Gasteiger partial charge in [-0.1, -0.05) is 56.0 Å². The number of ether oxygens (including phenoxy) is 1. The fourth-order valence-electron chi connectivity index (χ4n) is 4.04. The third-order valence-corrected chi connectivity index (χ3v) is 6.03. The zero-order chi connectivity index (χ0) is 22.4. The molecule has 0 radical (unpaired) electrons. The first kappa shape index (κ1) is 23.8. The normalized spacial score (nSPS) is 14.3. The largest absolute Gasteiger partial charge is 0.445 e. The Labute approximate surface area is 191 Å². The van der Waals surface area contributed by atoms with Crippen molar-refractivity contribution in [2.45, 2.75) is 64.5 Å². The highest BCUT2D eigenvalue weighted by Gasteiger charge is 2.27. The van der Waals surface area contributed by atoms with Crippen LogP contribution in [0.15, 0.2) is 49.1 Å². The van der Waals surface area contributed by atoms with E-state index in [1.54, 1.807) is 4.90 Å². The lowest BCUT2D eigenvalue weighted by Crippen LogP contribution is -2.43. The van der Waals surface area contributed by atoms with Crippen molar-refractivity contribution in [2.24, 2.45) is 5.92 Å². The number of aryl methyl sites for hydroxylation is 1. The third kappa shape index (κ3) is 8.36. The Bertz CT molecular complexity index is 787. The molecule has 3 rings (SSSR count). The number of unbranched alkanes of at least 4 members (excludes halogenated alkanes) is 5. The van der Waals surface area contributed by atoms with Gasteiger partial charge in [-0.2, -0.15) is 0 Å². The number of aromatic nitrogens is 2. The van der Waals surface area contributed by atoms with Gasteiger partial charge in [0.05, 0.1) is 6.33 Å². The molecule has 2 amide bonds. The van der Waals surface area contributed by atoms with Gasteiger partial charge >= 0.3 is 6.09 Å². The number of carbonyl (C=O) groups excluding carboxylic acids is 2. The Morgan fingerprint density at radius 1 is 1.00 bits per heavy atom. The van der Waals surface area contributed by atoms with E-state index < -0.39 is 0 Å². The summed E-state index contributed by atoms with van der Waals surface area (Å²) < 4.78 is 7.51. The number of piperidine rings is 1. The minimum atomic E-state index is -0.294. The number of likely N-dealkylation sites (tertiary alicyclic amines) is 1. The van der Waals surface area contributed by atoms with Crippen LogP contribution in [0.4, 0.5) is 4.79 Å². The Hall–Kier alpha value is -2.83. The summed E-state index contributed by atoms with van der Waals surface area (Å²) in [5.41, 5.74) is 0.976. The lowest BCUT2D eigenvalue weighted by molar-refractivity contribution is -0.126. The summed E-state index contributed by atoms with van der Waals surface area (Å²) in [6.07, 6.45) is 13.8. The molecule has 174 valence electrons. The van der Waals surface area contributed by atoms with Crippen molar-refractivity contribution < 1.29 is 14.3 Å². The highest BCUT2D eigenvalue weighted by atomic mass is 16.6. The molecular weight excluding hydrogens is 404 g/mol. The quantitative estimate of drug-likeness (QED) is 0.497. The van der Waals surface area contributed by atoms with Crippen LogP contribution in [-0.4, -0.2) is 46.1 Å². The van der Waals surface area contributed by atoms with E-state index in [1.807, 2.05) is 49.1 Å². The Morgan fingerprint density at radius 3 is 2.44 bits per heavy atom. The first-order chi connectivity index (χ1) is 15.7.